The lowest BCUT2D eigenvalue weighted by molar-refractivity contribution is 0.287. The van der Waals surface area contributed by atoms with Crippen molar-refractivity contribution in [3.05, 3.63) is 0 Å². The Labute approximate surface area is 76.0 Å². The summed E-state index contributed by atoms with van der Waals surface area (Å²) in [6.07, 6.45) is 7.10. The zero-order valence-electron chi connectivity index (χ0n) is 8.25. The van der Waals surface area contributed by atoms with Crippen molar-refractivity contribution in [2.24, 2.45) is 5.92 Å². The second-order valence-electron chi connectivity index (χ2n) is 4.73. The van der Waals surface area contributed by atoms with E-state index in [2.05, 4.69) is 6.92 Å². The molecule has 2 heteroatoms. The van der Waals surface area contributed by atoms with E-state index in [1.165, 1.54) is 32.1 Å². The highest BCUT2D eigenvalue weighted by Gasteiger charge is 2.42. The molecule has 0 aliphatic carbocycles. The van der Waals surface area contributed by atoms with Gasteiger partial charge in [-0.05, 0) is 17.6 Å². The van der Waals surface area contributed by atoms with Crippen molar-refractivity contribution in [1.29, 1.82) is 0 Å². The smallest absolute Gasteiger partial charge is 0.298 e. The average molecular weight is 166 g/mol. The Balaban J connectivity index is 2.06. The van der Waals surface area contributed by atoms with Gasteiger partial charge in [0.2, 0.25) is 0 Å². The van der Waals surface area contributed by atoms with Gasteiger partial charge in [0.1, 0.15) is 0 Å². The highest BCUT2D eigenvalue weighted by Crippen LogP contribution is 2.48. The molecule has 0 aromatic carbocycles. The fourth-order valence-electron chi connectivity index (χ4n) is 3.37. The average Bonchev–Trinajstić information content (AvgIpc) is 2.02. The van der Waals surface area contributed by atoms with Crippen molar-refractivity contribution in [3.63, 3.8) is 0 Å². The third-order valence-corrected chi connectivity index (χ3v) is 3.76. The van der Waals surface area contributed by atoms with Gasteiger partial charge in [-0.3, -0.25) is 0 Å². The molecule has 0 saturated carbocycles. The maximum atomic E-state index is 5.61. The van der Waals surface area contributed by atoms with Crippen molar-refractivity contribution in [2.75, 3.05) is 7.11 Å². The summed E-state index contributed by atoms with van der Waals surface area (Å²) in [5, 5.41) is 0. The molecule has 2 rings (SSSR count). The lowest BCUT2D eigenvalue weighted by Gasteiger charge is -2.41. The summed E-state index contributed by atoms with van der Waals surface area (Å²) in [6, 6.07) is 0. The van der Waals surface area contributed by atoms with Crippen LogP contribution < -0.4 is 0 Å². The van der Waals surface area contributed by atoms with Gasteiger partial charge in [0, 0.05) is 7.11 Å². The fraction of sp³-hybridized carbons (Fsp3) is 1.00. The first kappa shape index (κ1) is 8.62. The number of rotatable bonds is 1. The Morgan fingerprint density at radius 2 is 1.75 bits per heavy atom. The van der Waals surface area contributed by atoms with Crippen molar-refractivity contribution in [1.82, 2.24) is 0 Å². The topological polar surface area (TPSA) is 9.23 Å². The van der Waals surface area contributed by atoms with E-state index in [0.29, 0.717) is 6.92 Å². The zero-order valence-corrected chi connectivity index (χ0v) is 8.25. The molecule has 2 aliphatic rings. The fourth-order valence-corrected chi connectivity index (χ4v) is 3.37. The molecule has 12 heavy (non-hydrogen) atoms. The Hall–Kier alpha value is 0.0249. The van der Waals surface area contributed by atoms with Gasteiger partial charge >= 0.3 is 0 Å². The lowest BCUT2D eigenvalue weighted by atomic mass is 9.37. The Morgan fingerprint density at radius 1 is 1.17 bits per heavy atom. The van der Waals surface area contributed by atoms with Gasteiger partial charge in [-0.2, -0.15) is 0 Å². The van der Waals surface area contributed by atoms with E-state index in [-0.39, 0.29) is 0 Å². The van der Waals surface area contributed by atoms with Gasteiger partial charge < -0.3 is 4.65 Å². The predicted molar refractivity (Wildman–Crippen MR) is 52.5 cm³/mol. The molecule has 2 fully saturated rings. The maximum Gasteiger partial charge on any atom is 0.298 e. The van der Waals surface area contributed by atoms with Gasteiger partial charge in [-0.25, -0.2) is 0 Å². The van der Waals surface area contributed by atoms with E-state index in [0.717, 1.165) is 17.6 Å². The molecule has 2 atom stereocenters. The molecular formula is C10H19BO. The van der Waals surface area contributed by atoms with Crippen LogP contribution in [0.4, 0.5) is 0 Å². The van der Waals surface area contributed by atoms with Gasteiger partial charge in [0.15, 0.2) is 0 Å². The molecule has 2 aliphatic heterocycles. The van der Waals surface area contributed by atoms with Crippen LogP contribution in [0, 0.1) is 5.92 Å². The quantitative estimate of drug-likeness (QED) is 0.544. The van der Waals surface area contributed by atoms with Crippen LogP contribution in [0.2, 0.25) is 11.6 Å². The van der Waals surface area contributed by atoms with Gasteiger partial charge in [0.25, 0.3) is 6.92 Å². The minimum Gasteiger partial charge on any atom is -0.438 e. The zero-order chi connectivity index (χ0) is 8.55. The van der Waals surface area contributed by atoms with Crippen LogP contribution in [0.5, 0.6) is 0 Å². The van der Waals surface area contributed by atoms with Crippen molar-refractivity contribution < 1.29 is 4.65 Å². The molecule has 2 heterocycles. The van der Waals surface area contributed by atoms with Crippen LogP contribution in [-0.2, 0) is 4.65 Å². The lowest BCUT2D eigenvalue weighted by Crippen LogP contribution is -2.38. The molecule has 2 bridgehead atoms. The summed E-state index contributed by atoms with van der Waals surface area (Å²) in [4.78, 5) is 0. The molecule has 2 saturated heterocycles. The molecule has 0 spiro atoms. The standard InChI is InChI=1S/C10H19BO/c1-8-6-9-4-3-5-10(7-8)11(9)12-2/h8-10H,3-7H2,1-2H3. The third-order valence-electron chi connectivity index (χ3n) is 3.76. The molecular weight excluding hydrogens is 147 g/mol. The molecule has 1 nitrogen and oxygen atoms in total. The summed E-state index contributed by atoms with van der Waals surface area (Å²) < 4.78 is 5.61. The first-order valence-electron chi connectivity index (χ1n) is 5.34. The number of hydrogen-bond acceptors (Lipinski definition) is 1. The second-order valence-corrected chi connectivity index (χ2v) is 4.73. The van der Waals surface area contributed by atoms with Crippen molar-refractivity contribution in [2.45, 2.75) is 50.7 Å². The Bertz CT molecular complexity index is 146. The number of hydrogen-bond donors (Lipinski definition) is 0. The molecule has 68 valence electrons. The summed E-state index contributed by atoms with van der Waals surface area (Å²) in [6.45, 7) is 3.01. The normalized spacial score (nSPS) is 41.5. The SMILES string of the molecule is COB1C2CCCC1CC(C)C2. The first-order chi connectivity index (χ1) is 5.81. The van der Waals surface area contributed by atoms with Gasteiger partial charge in [-0.15, -0.1) is 0 Å². The van der Waals surface area contributed by atoms with E-state index < -0.39 is 0 Å². The second kappa shape index (κ2) is 3.41. The van der Waals surface area contributed by atoms with Crippen LogP contribution in [0.1, 0.15) is 39.0 Å². The van der Waals surface area contributed by atoms with Crippen LogP contribution >= 0.6 is 0 Å². The molecule has 0 aromatic heterocycles. The Kier molecular flexibility index (Phi) is 2.45. The van der Waals surface area contributed by atoms with Crippen LogP contribution in [0.3, 0.4) is 0 Å². The largest absolute Gasteiger partial charge is 0.438 e. The molecule has 0 amide bonds. The monoisotopic (exact) mass is 166 g/mol. The molecule has 0 aromatic rings. The number of fused-ring (bicyclic) bond motifs is 2. The van der Waals surface area contributed by atoms with Gasteiger partial charge in [0.05, 0.1) is 0 Å². The summed E-state index contributed by atoms with van der Waals surface area (Å²) >= 11 is 0. The van der Waals surface area contributed by atoms with E-state index in [1.807, 2.05) is 7.11 Å². The summed E-state index contributed by atoms with van der Waals surface area (Å²) in [5.74, 6) is 2.72. The molecule has 0 N–H and O–H groups in total. The Morgan fingerprint density at radius 3 is 2.25 bits per heavy atom. The van der Waals surface area contributed by atoms with Crippen molar-refractivity contribution >= 4 is 6.92 Å². The van der Waals surface area contributed by atoms with Crippen LogP contribution in [0.15, 0.2) is 0 Å². The van der Waals surface area contributed by atoms with E-state index in [9.17, 15) is 0 Å². The van der Waals surface area contributed by atoms with E-state index in [4.69, 9.17) is 4.65 Å². The third kappa shape index (κ3) is 1.41. The first-order valence-corrected chi connectivity index (χ1v) is 5.34. The molecule has 0 radical (unpaired) electrons. The summed E-state index contributed by atoms with van der Waals surface area (Å²) in [7, 11) is 1.89. The minimum atomic E-state index is 0.606. The van der Waals surface area contributed by atoms with Crippen LogP contribution in [0.25, 0.3) is 0 Å². The summed E-state index contributed by atoms with van der Waals surface area (Å²) in [5.41, 5.74) is 0. The maximum absolute atomic E-state index is 5.61. The highest BCUT2D eigenvalue weighted by molar-refractivity contribution is 6.55. The highest BCUT2D eigenvalue weighted by atomic mass is 16.4. The predicted octanol–water partition coefficient (Wildman–Crippen LogP) is 2.98. The van der Waals surface area contributed by atoms with E-state index in [1.54, 1.807) is 0 Å². The van der Waals surface area contributed by atoms with Crippen molar-refractivity contribution in [3.8, 4) is 0 Å². The van der Waals surface area contributed by atoms with Crippen LogP contribution in [-0.4, -0.2) is 14.0 Å². The van der Waals surface area contributed by atoms with Gasteiger partial charge in [-0.1, -0.05) is 39.0 Å². The minimum absolute atomic E-state index is 0.606. The molecule has 2 unspecified atom stereocenters. The van der Waals surface area contributed by atoms with E-state index >= 15 is 0 Å².